The van der Waals surface area contributed by atoms with Crippen molar-refractivity contribution >= 4 is 17.6 Å². The third-order valence-electron chi connectivity index (χ3n) is 2.78. The van der Waals surface area contributed by atoms with Crippen molar-refractivity contribution in [1.82, 2.24) is 0 Å². The van der Waals surface area contributed by atoms with E-state index in [0.717, 1.165) is 11.1 Å². The molecular weight excluding hydrogens is 252 g/mol. The van der Waals surface area contributed by atoms with Crippen LogP contribution < -0.4 is 0 Å². The van der Waals surface area contributed by atoms with Crippen molar-refractivity contribution in [3.63, 3.8) is 0 Å². The molecule has 0 spiro atoms. The lowest BCUT2D eigenvalue weighted by Gasteiger charge is -2.07. The molecule has 0 unspecified atom stereocenters. The third-order valence-corrected chi connectivity index (χ3v) is 2.78. The Labute approximate surface area is 118 Å². The Bertz CT molecular complexity index is 598. The van der Waals surface area contributed by atoms with Gasteiger partial charge in [0.1, 0.15) is 5.75 Å². The number of carbonyl (C=O) groups excluding carboxylic acids is 1. The van der Waals surface area contributed by atoms with Crippen molar-refractivity contribution in [3.8, 4) is 5.75 Å². The molecule has 0 saturated carbocycles. The van der Waals surface area contributed by atoms with Gasteiger partial charge in [0.15, 0.2) is 0 Å². The molecule has 0 amide bonds. The molecule has 2 rings (SSSR count). The molecule has 2 aromatic rings. The molecule has 20 heavy (non-hydrogen) atoms. The standard InChI is InChI=1S/C17H16O3/c1-2-20-17(19)16(14-6-4-3-5-7-14)12-13-8-10-15(18)11-9-13/h3-12,18H,2H2,1H3/b16-12-. The Balaban J connectivity index is 2.41. The first-order valence-corrected chi connectivity index (χ1v) is 6.44. The van der Waals surface area contributed by atoms with Crippen LogP contribution in [0.2, 0.25) is 0 Å². The molecule has 0 radical (unpaired) electrons. The predicted octanol–water partition coefficient (Wildman–Crippen LogP) is 3.50. The monoisotopic (exact) mass is 268 g/mol. The number of hydrogen-bond acceptors (Lipinski definition) is 3. The van der Waals surface area contributed by atoms with Gasteiger partial charge < -0.3 is 9.84 Å². The Kier molecular flexibility index (Phi) is 4.56. The van der Waals surface area contributed by atoms with Gasteiger partial charge in [0, 0.05) is 0 Å². The highest BCUT2D eigenvalue weighted by molar-refractivity contribution is 6.21. The van der Waals surface area contributed by atoms with Gasteiger partial charge in [-0.3, -0.25) is 0 Å². The van der Waals surface area contributed by atoms with Crippen LogP contribution in [0.3, 0.4) is 0 Å². The van der Waals surface area contributed by atoms with Crippen LogP contribution in [0.4, 0.5) is 0 Å². The van der Waals surface area contributed by atoms with E-state index in [1.807, 2.05) is 30.3 Å². The van der Waals surface area contributed by atoms with Gasteiger partial charge in [-0.05, 0) is 36.3 Å². The van der Waals surface area contributed by atoms with Gasteiger partial charge in [-0.25, -0.2) is 4.79 Å². The van der Waals surface area contributed by atoms with E-state index in [9.17, 15) is 9.90 Å². The number of hydrogen-bond donors (Lipinski definition) is 1. The van der Waals surface area contributed by atoms with Crippen molar-refractivity contribution in [2.24, 2.45) is 0 Å². The van der Waals surface area contributed by atoms with E-state index < -0.39 is 0 Å². The fourth-order valence-corrected chi connectivity index (χ4v) is 1.82. The number of phenolic OH excluding ortho intramolecular Hbond substituents is 1. The van der Waals surface area contributed by atoms with Gasteiger partial charge >= 0.3 is 5.97 Å². The molecule has 0 atom stereocenters. The van der Waals surface area contributed by atoms with Crippen molar-refractivity contribution < 1.29 is 14.6 Å². The molecule has 3 nitrogen and oxygen atoms in total. The number of rotatable bonds is 4. The fraction of sp³-hybridized carbons (Fsp3) is 0.118. The highest BCUT2D eigenvalue weighted by Crippen LogP contribution is 2.21. The summed E-state index contributed by atoms with van der Waals surface area (Å²) in [6.45, 7) is 2.11. The number of ether oxygens (including phenoxy) is 1. The quantitative estimate of drug-likeness (QED) is 0.524. The molecule has 0 fully saturated rings. The number of benzene rings is 2. The number of esters is 1. The molecule has 0 saturated heterocycles. The van der Waals surface area contributed by atoms with E-state index in [-0.39, 0.29) is 11.7 Å². The minimum atomic E-state index is -0.355. The zero-order chi connectivity index (χ0) is 14.4. The van der Waals surface area contributed by atoms with E-state index in [2.05, 4.69) is 0 Å². The lowest BCUT2D eigenvalue weighted by atomic mass is 10.0. The normalized spacial score (nSPS) is 11.2. The first-order chi connectivity index (χ1) is 9.70. The zero-order valence-corrected chi connectivity index (χ0v) is 11.2. The summed E-state index contributed by atoms with van der Waals surface area (Å²) in [6, 6.07) is 16.0. The lowest BCUT2D eigenvalue weighted by molar-refractivity contribution is -0.136. The summed E-state index contributed by atoms with van der Waals surface area (Å²) in [6.07, 6.45) is 1.76. The van der Waals surface area contributed by atoms with Crippen LogP contribution in [-0.2, 0) is 9.53 Å². The highest BCUT2D eigenvalue weighted by Gasteiger charge is 2.12. The minimum Gasteiger partial charge on any atom is -0.508 e. The number of phenols is 1. The SMILES string of the molecule is CCOC(=O)/C(=C\c1ccc(O)cc1)c1ccccc1. The molecule has 102 valence electrons. The van der Waals surface area contributed by atoms with Crippen molar-refractivity contribution in [2.45, 2.75) is 6.92 Å². The third kappa shape index (κ3) is 3.48. The van der Waals surface area contributed by atoms with Gasteiger partial charge in [0.05, 0.1) is 12.2 Å². The Hall–Kier alpha value is -2.55. The molecule has 1 N–H and O–H groups in total. The van der Waals surface area contributed by atoms with Crippen molar-refractivity contribution in [3.05, 3.63) is 65.7 Å². The van der Waals surface area contributed by atoms with E-state index in [0.29, 0.717) is 12.2 Å². The van der Waals surface area contributed by atoms with Crippen LogP contribution >= 0.6 is 0 Å². The smallest absolute Gasteiger partial charge is 0.338 e. The average molecular weight is 268 g/mol. The fourth-order valence-electron chi connectivity index (χ4n) is 1.82. The number of carbonyl (C=O) groups is 1. The molecule has 3 heteroatoms. The van der Waals surface area contributed by atoms with Crippen LogP contribution in [0.1, 0.15) is 18.1 Å². The highest BCUT2D eigenvalue weighted by atomic mass is 16.5. The minimum absolute atomic E-state index is 0.194. The largest absolute Gasteiger partial charge is 0.508 e. The molecule has 0 aliphatic carbocycles. The summed E-state index contributed by atoms with van der Waals surface area (Å²) in [5.41, 5.74) is 2.13. The Morgan fingerprint density at radius 3 is 2.35 bits per heavy atom. The van der Waals surface area contributed by atoms with Gasteiger partial charge in [-0.2, -0.15) is 0 Å². The summed E-state index contributed by atoms with van der Waals surface area (Å²) in [7, 11) is 0. The molecule has 0 bridgehead atoms. The molecule has 0 aliphatic heterocycles. The Morgan fingerprint density at radius 1 is 1.10 bits per heavy atom. The van der Waals surface area contributed by atoms with Crippen LogP contribution in [0.15, 0.2) is 54.6 Å². The molecule has 0 heterocycles. The topological polar surface area (TPSA) is 46.5 Å². The lowest BCUT2D eigenvalue weighted by Crippen LogP contribution is -2.06. The average Bonchev–Trinajstić information content (AvgIpc) is 2.48. The molecule has 0 aliphatic rings. The molecule has 0 aromatic heterocycles. The van der Waals surface area contributed by atoms with Crippen molar-refractivity contribution in [1.29, 1.82) is 0 Å². The second-order valence-corrected chi connectivity index (χ2v) is 4.24. The summed E-state index contributed by atoms with van der Waals surface area (Å²) >= 11 is 0. The van der Waals surface area contributed by atoms with E-state index in [4.69, 9.17) is 4.74 Å². The first kappa shape index (κ1) is 13.9. The van der Waals surface area contributed by atoms with Gasteiger partial charge in [0.2, 0.25) is 0 Å². The molecule has 2 aromatic carbocycles. The van der Waals surface area contributed by atoms with Crippen LogP contribution in [0, 0.1) is 0 Å². The van der Waals surface area contributed by atoms with E-state index >= 15 is 0 Å². The first-order valence-electron chi connectivity index (χ1n) is 6.44. The summed E-state index contributed by atoms with van der Waals surface area (Å²) in [4.78, 5) is 12.1. The summed E-state index contributed by atoms with van der Waals surface area (Å²) < 4.78 is 5.10. The summed E-state index contributed by atoms with van der Waals surface area (Å²) in [5, 5.41) is 9.29. The maximum Gasteiger partial charge on any atom is 0.338 e. The van der Waals surface area contributed by atoms with Crippen LogP contribution in [0.25, 0.3) is 11.6 Å². The Morgan fingerprint density at radius 2 is 1.75 bits per heavy atom. The van der Waals surface area contributed by atoms with E-state index in [1.165, 1.54) is 0 Å². The van der Waals surface area contributed by atoms with E-state index in [1.54, 1.807) is 37.3 Å². The van der Waals surface area contributed by atoms with Crippen LogP contribution in [0.5, 0.6) is 5.75 Å². The molecular formula is C17H16O3. The zero-order valence-electron chi connectivity index (χ0n) is 11.2. The predicted molar refractivity (Wildman–Crippen MR) is 79.1 cm³/mol. The van der Waals surface area contributed by atoms with Gasteiger partial charge in [-0.1, -0.05) is 42.5 Å². The maximum atomic E-state index is 12.1. The second-order valence-electron chi connectivity index (χ2n) is 4.24. The van der Waals surface area contributed by atoms with Crippen LogP contribution in [-0.4, -0.2) is 17.7 Å². The second kappa shape index (κ2) is 6.57. The van der Waals surface area contributed by atoms with Crippen molar-refractivity contribution in [2.75, 3.05) is 6.61 Å². The number of aromatic hydroxyl groups is 1. The van der Waals surface area contributed by atoms with Gasteiger partial charge in [-0.15, -0.1) is 0 Å². The van der Waals surface area contributed by atoms with Gasteiger partial charge in [0.25, 0.3) is 0 Å². The maximum absolute atomic E-state index is 12.1. The summed E-state index contributed by atoms with van der Waals surface area (Å²) in [5.74, 6) is -0.161.